The Kier molecular flexibility index (Phi) is 4.77. The van der Waals surface area contributed by atoms with E-state index >= 15 is 0 Å². The predicted octanol–water partition coefficient (Wildman–Crippen LogP) is 1.93. The molecule has 0 aromatic carbocycles. The molecule has 1 aliphatic heterocycles. The summed E-state index contributed by atoms with van der Waals surface area (Å²) in [6, 6.07) is 0.406. The lowest BCUT2D eigenvalue weighted by Gasteiger charge is -2.38. The summed E-state index contributed by atoms with van der Waals surface area (Å²) in [4.78, 5) is 18.7. The van der Waals surface area contributed by atoms with E-state index in [1.54, 1.807) is 12.0 Å². The van der Waals surface area contributed by atoms with Crippen molar-refractivity contribution in [3.63, 3.8) is 0 Å². The summed E-state index contributed by atoms with van der Waals surface area (Å²) in [6.45, 7) is 8.32. The highest BCUT2D eigenvalue weighted by molar-refractivity contribution is 5.68. The third kappa shape index (κ3) is 4.52. The fourth-order valence-corrected chi connectivity index (χ4v) is 1.94. The van der Waals surface area contributed by atoms with Crippen LogP contribution in [-0.4, -0.2) is 42.3 Å². The molecule has 0 radical (unpaired) electrons. The maximum atomic E-state index is 12.0. The van der Waals surface area contributed by atoms with Crippen molar-refractivity contribution in [3.05, 3.63) is 0 Å². The minimum atomic E-state index is -0.446. The largest absolute Gasteiger partial charge is 0.444 e. The maximum absolute atomic E-state index is 12.0. The van der Waals surface area contributed by atoms with Crippen LogP contribution in [0.25, 0.3) is 0 Å². The van der Waals surface area contributed by atoms with E-state index in [1.165, 1.54) is 0 Å². The molecule has 17 heavy (non-hydrogen) atoms. The van der Waals surface area contributed by atoms with Gasteiger partial charge in [0, 0.05) is 18.6 Å². The Labute approximate surface area is 103 Å². The van der Waals surface area contributed by atoms with E-state index in [1.807, 2.05) is 27.7 Å². The minimum absolute atomic E-state index is 0.184. The third-order valence-electron chi connectivity index (χ3n) is 2.79. The van der Waals surface area contributed by atoms with Gasteiger partial charge in [0.15, 0.2) is 0 Å². The Balaban J connectivity index is 2.57. The van der Waals surface area contributed by atoms with E-state index in [0.29, 0.717) is 6.54 Å². The van der Waals surface area contributed by atoms with Gasteiger partial charge in [0.25, 0.3) is 0 Å². The van der Waals surface area contributed by atoms with Crippen molar-refractivity contribution in [2.75, 3.05) is 13.7 Å². The Bertz CT molecular complexity index is 263. The van der Waals surface area contributed by atoms with Crippen LogP contribution >= 0.6 is 0 Å². The number of rotatable bonds is 2. The Morgan fingerprint density at radius 3 is 2.53 bits per heavy atom. The van der Waals surface area contributed by atoms with Gasteiger partial charge in [0.1, 0.15) is 5.60 Å². The summed E-state index contributed by atoms with van der Waals surface area (Å²) < 4.78 is 5.39. The van der Waals surface area contributed by atoms with Crippen LogP contribution in [0.2, 0.25) is 0 Å². The van der Waals surface area contributed by atoms with Crippen molar-refractivity contribution in [3.8, 4) is 0 Å². The zero-order valence-corrected chi connectivity index (χ0v) is 11.4. The minimum Gasteiger partial charge on any atom is -0.444 e. The molecule has 1 amide bonds. The maximum Gasteiger partial charge on any atom is 0.410 e. The van der Waals surface area contributed by atoms with Crippen molar-refractivity contribution in [1.29, 1.82) is 0 Å². The highest BCUT2D eigenvalue weighted by atomic mass is 16.6. The molecule has 0 aromatic heterocycles. The molecule has 2 unspecified atom stereocenters. The number of ether oxygens (including phenoxy) is 1. The predicted molar refractivity (Wildman–Crippen MR) is 65.6 cm³/mol. The van der Waals surface area contributed by atoms with E-state index in [9.17, 15) is 4.79 Å². The molecule has 0 spiro atoms. The van der Waals surface area contributed by atoms with Gasteiger partial charge in [-0.05, 0) is 40.5 Å². The Hall–Kier alpha value is -0.810. The van der Waals surface area contributed by atoms with Crippen molar-refractivity contribution < 1.29 is 14.4 Å². The van der Waals surface area contributed by atoms with Crippen LogP contribution in [0.4, 0.5) is 4.79 Å². The quantitative estimate of drug-likeness (QED) is 0.754. The average Bonchev–Trinajstić information content (AvgIpc) is 2.18. The summed E-state index contributed by atoms with van der Waals surface area (Å²) in [7, 11) is 1.59. The molecular weight excluding hydrogens is 220 g/mol. The second kappa shape index (κ2) is 5.69. The molecule has 1 heterocycles. The number of carbonyl (C=O) groups excluding carboxylic acids is 1. The fourth-order valence-electron chi connectivity index (χ4n) is 1.94. The van der Waals surface area contributed by atoms with Crippen molar-refractivity contribution in [2.45, 2.75) is 58.2 Å². The number of likely N-dealkylation sites (tertiary alicyclic amines) is 1. The molecule has 0 saturated carbocycles. The molecule has 100 valence electrons. The smallest absolute Gasteiger partial charge is 0.410 e. The van der Waals surface area contributed by atoms with Crippen LogP contribution in [0.15, 0.2) is 0 Å². The normalized spacial score (nSPS) is 25.8. The summed E-state index contributed by atoms with van der Waals surface area (Å²) >= 11 is 0. The molecule has 1 saturated heterocycles. The lowest BCUT2D eigenvalue weighted by molar-refractivity contribution is -0.0105. The third-order valence-corrected chi connectivity index (χ3v) is 2.79. The monoisotopic (exact) mass is 244 g/mol. The number of carbonyl (C=O) groups is 1. The van der Waals surface area contributed by atoms with E-state index in [4.69, 9.17) is 9.57 Å². The number of hydrogen-bond acceptors (Lipinski definition) is 4. The number of nitrogens with one attached hydrogen (secondary N) is 1. The number of nitrogens with zero attached hydrogens (tertiary/aromatic N) is 1. The molecule has 1 aliphatic rings. The standard InChI is InChI=1S/C12H24N2O3/c1-9-6-7-10(13-16-5)8-14(9)11(15)17-12(2,3)4/h9-10,13H,6-8H2,1-5H3. The molecule has 0 aliphatic carbocycles. The van der Waals surface area contributed by atoms with Crippen LogP contribution in [-0.2, 0) is 9.57 Å². The van der Waals surface area contributed by atoms with Gasteiger partial charge in [-0.3, -0.25) is 0 Å². The number of hydrogen-bond donors (Lipinski definition) is 1. The first-order valence-electron chi connectivity index (χ1n) is 6.11. The van der Waals surface area contributed by atoms with Gasteiger partial charge in [-0.1, -0.05) is 0 Å². The molecule has 1 N–H and O–H groups in total. The molecule has 5 heteroatoms. The van der Waals surface area contributed by atoms with Crippen molar-refractivity contribution in [1.82, 2.24) is 10.4 Å². The van der Waals surface area contributed by atoms with Crippen molar-refractivity contribution >= 4 is 6.09 Å². The van der Waals surface area contributed by atoms with Gasteiger partial charge in [0.2, 0.25) is 0 Å². The molecular formula is C12H24N2O3. The van der Waals surface area contributed by atoms with E-state index in [2.05, 4.69) is 5.48 Å². The Morgan fingerprint density at radius 2 is 2.00 bits per heavy atom. The zero-order valence-electron chi connectivity index (χ0n) is 11.4. The SMILES string of the molecule is CONC1CCC(C)N(C(=O)OC(C)(C)C)C1. The van der Waals surface area contributed by atoms with Gasteiger partial charge in [0.05, 0.1) is 7.11 Å². The molecule has 5 nitrogen and oxygen atoms in total. The number of amides is 1. The summed E-state index contributed by atoms with van der Waals surface area (Å²) in [6.07, 6.45) is 1.72. The lowest BCUT2D eigenvalue weighted by Crippen LogP contribution is -2.52. The molecule has 1 rings (SSSR count). The molecule has 0 bridgehead atoms. The molecule has 0 aromatic rings. The lowest BCUT2D eigenvalue weighted by atomic mass is 10.0. The van der Waals surface area contributed by atoms with Gasteiger partial charge >= 0.3 is 6.09 Å². The van der Waals surface area contributed by atoms with Gasteiger partial charge in [-0.2, -0.15) is 5.48 Å². The average molecular weight is 244 g/mol. The Morgan fingerprint density at radius 1 is 1.35 bits per heavy atom. The van der Waals surface area contributed by atoms with Gasteiger partial charge in [-0.15, -0.1) is 0 Å². The van der Waals surface area contributed by atoms with Crippen LogP contribution in [0.1, 0.15) is 40.5 Å². The highest BCUT2D eigenvalue weighted by Crippen LogP contribution is 2.20. The van der Waals surface area contributed by atoms with Gasteiger partial charge < -0.3 is 14.5 Å². The van der Waals surface area contributed by atoms with Crippen LogP contribution in [0.3, 0.4) is 0 Å². The summed E-state index contributed by atoms with van der Waals surface area (Å²) in [5.41, 5.74) is 2.46. The van der Waals surface area contributed by atoms with Crippen molar-refractivity contribution in [2.24, 2.45) is 0 Å². The summed E-state index contributed by atoms with van der Waals surface area (Å²) in [5.74, 6) is 0. The fraction of sp³-hybridized carbons (Fsp3) is 0.917. The van der Waals surface area contributed by atoms with E-state index in [0.717, 1.165) is 12.8 Å². The first-order chi connectivity index (χ1) is 7.83. The molecule has 1 fully saturated rings. The molecule has 2 atom stereocenters. The van der Waals surface area contributed by atoms with Crippen LogP contribution < -0.4 is 5.48 Å². The van der Waals surface area contributed by atoms with E-state index in [-0.39, 0.29) is 18.2 Å². The second-order valence-corrected chi connectivity index (χ2v) is 5.58. The van der Waals surface area contributed by atoms with Gasteiger partial charge in [-0.25, -0.2) is 4.79 Å². The zero-order chi connectivity index (χ0) is 13.1. The number of piperidine rings is 1. The summed E-state index contributed by atoms with van der Waals surface area (Å²) in [5, 5.41) is 0. The second-order valence-electron chi connectivity index (χ2n) is 5.58. The van der Waals surface area contributed by atoms with E-state index < -0.39 is 5.60 Å². The van der Waals surface area contributed by atoms with Crippen LogP contribution in [0.5, 0.6) is 0 Å². The number of hydroxylamine groups is 1. The first kappa shape index (κ1) is 14.3. The topological polar surface area (TPSA) is 50.8 Å². The highest BCUT2D eigenvalue weighted by Gasteiger charge is 2.31. The van der Waals surface area contributed by atoms with Crippen LogP contribution in [0, 0.1) is 0 Å². The first-order valence-corrected chi connectivity index (χ1v) is 6.11.